The molecule has 0 saturated heterocycles. The van der Waals surface area contributed by atoms with Crippen LogP contribution in [0.4, 0.5) is 8.78 Å². The maximum Gasteiger partial charge on any atom is 0.162 e. The molecule has 0 amide bonds. The standard InChI is InChI=1S/C2HF2P/c3-1-2(4)5-1/h5H. The number of hydrogen-bond donors (Lipinski definition) is 0. The van der Waals surface area contributed by atoms with Gasteiger partial charge in [0.05, 0.1) is 0 Å². The Bertz CT molecular complexity index is 75.6. The number of rotatable bonds is 0. The van der Waals surface area contributed by atoms with Gasteiger partial charge in [-0.3, -0.25) is 0 Å². The minimum absolute atomic E-state index is 0.219. The summed E-state index contributed by atoms with van der Waals surface area (Å²) < 4.78 is 22.0. The molecule has 0 spiro atoms. The zero-order valence-electron chi connectivity index (χ0n) is 2.26. The van der Waals surface area contributed by atoms with Crippen LogP contribution < -0.4 is 0 Å². The van der Waals surface area contributed by atoms with E-state index in [1.807, 2.05) is 0 Å². The van der Waals surface area contributed by atoms with Crippen LogP contribution in [0.15, 0.2) is 11.1 Å². The predicted octanol–water partition coefficient (Wildman–Crippen LogP) is 1.74. The van der Waals surface area contributed by atoms with Crippen LogP contribution in [0, 0.1) is 0 Å². The van der Waals surface area contributed by atoms with Gasteiger partial charge in [-0.1, -0.05) is 0 Å². The lowest BCUT2D eigenvalue weighted by atomic mass is 11.2. The molecule has 0 N–H and O–H groups in total. The molecule has 1 aliphatic heterocycles. The average Bonchev–Trinajstić information content (AvgIpc) is 1.79. The SMILES string of the molecule is FC1=C(F)P1. The maximum absolute atomic E-state index is 11.0. The van der Waals surface area contributed by atoms with E-state index in [-0.39, 0.29) is 8.58 Å². The maximum atomic E-state index is 11.0. The molecule has 0 saturated carbocycles. The molecule has 1 aliphatic rings. The van der Waals surface area contributed by atoms with Crippen molar-refractivity contribution in [2.75, 3.05) is 0 Å². The highest BCUT2D eigenvalue weighted by Crippen LogP contribution is 2.53. The summed E-state index contributed by atoms with van der Waals surface area (Å²) in [5.41, 5.74) is -1.10. The minimum atomic E-state index is -0.551. The van der Waals surface area contributed by atoms with Gasteiger partial charge >= 0.3 is 0 Å². The van der Waals surface area contributed by atoms with Gasteiger partial charge in [-0.2, -0.15) is 0 Å². The zero-order valence-corrected chi connectivity index (χ0v) is 3.26. The third-order valence-electron chi connectivity index (χ3n) is 0.350. The van der Waals surface area contributed by atoms with Crippen molar-refractivity contribution in [2.45, 2.75) is 0 Å². The largest absolute Gasteiger partial charge is 0.203 e. The van der Waals surface area contributed by atoms with Gasteiger partial charge in [-0.15, -0.1) is 0 Å². The molecule has 0 aromatic rings. The predicted molar refractivity (Wildman–Crippen MR) is 17.6 cm³/mol. The van der Waals surface area contributed by atoms with Crippen LogP contribution in [0.1, 0.15) is 0 Å². The van der Waals surface area contributed by atoms with Crippen LogP contribution in [0.25, 0.3) is 0 Å². The van der Waals surface area contributed by atoms with E-state index in [1.165, 1.54) is 0 Å². The van der Waals surface area contributed by atoms with Gasteiger partial charge in [-0.05, 0) is 0 Å². The van der Waals surface area contributed by atoms with E-state index in [2.05, 4.69) is 0 Å². The third-order valence-corrected chi connectivity index (χ3v) is 0.978. The van der Waals surface area contributed by atoms with Crippen LogP contribution in [-0.2, 0) is 0 Å². The Labute approximate surface area is 29.7 Å². The molecular formula is C2HF2P. The van der Waals surface area contributed by atoms with Crippen molar-refractivity contribution in [2.24, 2.45) is 0 Å². The molecule has 1 heterocycles. The summed E-state index contributed by atoms with van der Waals surface area (Å²) in [6.45, 7) is 0. The van der Waals surface area contributed by atoms with Crippen LogP contribution in [0.5, 0.6) is 0 Å². The quantitative estimate of drug-likeness (QED) is 0.401. The van der Waals surface area contributed by atoms with E-state index >= 15 is 0 Å². The van der Waals surface area contributed by atoms with Crippen LogP contribution >= 0.6 is 8.58 Å². The number of hydrogen-bond acceptors (Lipinski definition) is 0. The van der Waals surface area contributed by atoms with E-state index in [0.29, 0.717) is 0 Å². The van der Waals surface area contributed by atoms with Gasteiger partial charge in [-0.25, -0.2) is 8.78 Å². The fourth-order valence-corrected chi connectivity index (χ4v) is 0.195. The van der Waals surface area contributed by atoms with Gasteiger partial charge in [0, 0.05) is 8.58 Å². The summed E-state index contributed by atoms with van der Waals surface area (Å²) >= 11 is 0. The molecule has 0 nitrogen and oxygen atoms in total. The first-order valence-electron chi connectivity index (χ1n) is 1.13. The Balaban J connectivity index is 2.59. The first-order valence-corrected chi connectivity index (χ1v) is 2.13. The lowest BCUT2D eigenvalue weighted by Gasteiger charge is -1.39. The first kappa shape index (κ1) is 3.23. The molecule has 0 radical (unpaired) electrons. The molecule has 1 rings (SSSR count). The molecule has 0 unspecified atom stereocenters. The van der Waals surface area contributed by atoms with E-state index in [1.54, 1.807) is 0 Å². The van der Waals surface area contributed by atoms with Crippen LogP contribution in [0.2, 0.25) is 0 Å². The molecule has 0 atom stereocenters. The summed E-state index contributed by atoms with van der Waals surface area (Å²) in [6.07, 6.45) is 0. The van der Waals surface area contributed by atoms with E-state index in [9.17, 15) is 8.78 Å². The van der Waals surface area contributed by atoms with Crippen molar-refractivity contribution in [3.05, 3.63) is 11.1 Å². The van der Waals surface area contributed by atoms with Crippen molar-refractivity contribution >= 4 is 8.58 Å². The van der Waals surface area contributed by atoms with Gasteiger partial charge < -0.3 is 0 Å². The highest BCUT2D eigenvalue weighted by Gasteiger charge is 2.20. The second kappa shape index (κ2) is 0.749. The van der Waals surface area contributed by atoms with Crippen molar-refractivity contribution in [3.8, 4) is 0 Å². The normalized spacial score (nSPS) is 20.4. The Morgan fingerprint density at radius 3 is 1.40 bits per heavy atom. The highest BCUT2D eigenvalue weighted by molar-refractivity contribution is 7.55. The molecule has 0 aliphatic carbocycles. The van der Waals surface area contributed by atoms with Gasteiger partial charge in [0.15, 0.2) is 11.1 Å². The monoisotopic (exact) mass is 94.0 g/mol. The van der Waals surface area contributed by atoms with Crippen LogP contribution in [0.3, 0.4) is 0 Å². The minimum Gasteiger partial charge on any atom is -0.203 e. The summed E-state index contributed by atoms with van der Waals surface area (Å²) in [5, 5.41) is 0. The van der Waals surface area contributed by atoms with Crippen molar-refractivity contribution < 1.29 is 8.78 Å². The zero-order chi connectivity index (χ0) is 3.86. The molecule has 28 valence electrons. The molecule has 0 aromatic carbocycles. The summed E-state index contributed by atoms with van der Waals surface area (Å²) in [5.74, 6) is 0. The fraction of sp³-hybridized carbons (Fsp3) is 0. The van der Waals surface area contributed by atoms with E-state index in [4.69, 9.17) is 0 Å². The Hall–Kier alpha value is 0.0300. The van der Waals surface area contributed by atoms with E-state index in [0.717, 1.165) is 0 Å². The lowest BCUT2D eigenvalue weighted by molar-refractivity contribution is 0.645. The summed E-state index contributed by atoms with van der Waals surface area (Å²) in [7, 11) is -0.219. The Kier molecular flexibility index (Phi) is 0.483. The van der Waals surface area contributed by atoms with Gasteiger partial charge in [0.2, 0.25) is 0 Å². The third kappa shape index (κ3) is 0.457. The van der Waals surface area contributed by atoms with E-state index < -0.39 is 11.1 Å². The molecule has 0 bridgehead atoms. The summed E-state index contributed by atoms with van der Waals surface area (Å²) in [4.78, 5) is 0. The second-order valence-corrected chi connectivity index (χ2v) is 1.88. The van der Waals surface area contributed by atoms with Crippen molar-refractivity contribution in [3.63, 3.8) is 0 Å². The first-order chi connectivity index (χ1) is 2.30. The smallest absolute Gasteiger partial charge is 0.162 e. The van der Waals surface area contributed by atoms with Gasteiger partial charge in [0.1, 0.15) is 0 Å². The van der Waals surface area contributed by atoms with Crippen LogP contribution in [-0.4, -0.2) is 0 Å². The molecular weight excluding hydrogens is 93.0 g/mol. The van der Waals surface area contributed by atoms with Gasteiger partial charge in [0.25, 0.3) is 0 Å². The average molecular weight is 94.0 g/mol. The Morgan fingerprint density at radius 1 is 1.20 bits per heavy atom. The lowest BCUT2D eigenvalue weighted by Crippen LogP contribution is -1.18. The van der Waals surface area contributed by atoms with Crippen molar-refractivity contribution in [1.29, 1.82) is 0 Å². The summed E-state index contributed by atoms with van der Waals surface area (Å²) in [6, 6.07) is 0. The van der Waals surface area contributed by atoms with Crippen molar-refractivity contribution in [1.82, 2.24) is 0 Å². The molecule has 0 aromatic heterocycles. The fourth-order valence-electron chi connectivity index (χ4n) is 0.0651. The topological polar surface area (TPSA) is 0 Å². The number of halogens is 2. The molecule has 0 fully saturated rings. The highest BCUT2D eigenvalue weighted by atomic mass is 31.1. The molecule has 5 heavy (non-hydrogen) atoms. The Morgan fingerprint density at radius 2 is 1.40 bits per heavy atom. The second-order valence-electron chi connectivity index (χ2n) is 0.753. The molecule has 3 heteroatoms.